The molecule has 0 bridgehead atoms. The lowest BCUT2D eigenvalue weighted by molar-refractivity contribution is 0.562. The molecule has 0 fully saturated rings. The molecule has 4 nitrogen and oxygen atoms in total. The number of nitrogens with one attached hydrogen (secondary N) is 1. The first-order valence-corrected chi connectivity index (χ1v) is 17.2. The van der Waals surface area contributed by atoms with Gasteiger partial charge in [-0.3, -0.25) is 0 Å². The largest absolute Gasteiger partial charge is 0.454 e. The van der Waals surface area contributed by atoms with Gasteiger partial charge in [0.1, 0.15) is 5.58 Å². The summed E-state index contributed by atoms with van der Waals surface area (Å²) in [6.45, 7) is 4.64. The molecule has 2 aromatic heterocycles. The number of fused-ring (bicyclic) bond motifs is 7. The molecule has 0 saturated carbocycles. The van der Waals surface area contributed by atoms with Gasteiger partial charge in [-0.15, -0.1) is 0 Å². The molecule has 0 amide bonds. The van der Waals surface area contributed by atoms with Crippen molar-refractivity contribution in [3.63, 3.8) is 0 Å². The highest BCUT2D eigenvalue weighted by molar-refractivity contribution is 5.90. The van der Waals surface area contributed by atoms with Gasteiger partial charge in [-0.25, -0.2) is 9.97 Å². The summed E-state index contributed by atoms with van der Waals surface area (Å²) < 4.78 is 6.65. The first-order valence-electron chi connectivity index (χ1n) is 17.2. The maximum Gasteiger partial charge on any atom is 0.160 e. The van der Waals surface area contributed by atoms with Crippen molar-refractivity contribution < 1.29 is 4.42 Å². The van der Waals surface area contributed by atoms with Crippen molar-refractivity contribution in [3.8, 4) is 45.0 Å². The van der Waals surface area contributed by atoms with Gasteiger partial charge in [0.2, 0.25) is 0 Å². The minimum absolute atomic E-state index is 0.0478. The average Bonchev–Trinajstić information content (AvgIpc) is 3.67. The zero-order valence-electron chi connectivity index (χ0n) is 27.8. The predicted molar refractivity (Wildman–Crippen MR) is 202 cm³/mol. The standard InChI is InChI=1S/C46H33N3O/c1-46(2)36-19-11-9-17-32(36)33-23-21-30(26-37(33)46)40-27-39(28-13-5-3-6-14-28)48-45(49-40)31-22-24-41-35(25-31)42-34-18-10-12-20-38(34)47-43(44(42)50-41)29-15-7-4-8-16-29/h3-27,38,47H,1-2H3. The monoisotopic (exact) mass is 643 g/mol. The topological polar surface area (TPSA) is 51.0 Å². The summed E-state index contributed by atoms with van der Waals surface area (Å²) in [5.41, 5.74) is 15.1. The molecular weight excluding hydrogens is 611 g/mol. The van der Waals surface area contributed by atoms with Crippen LogP contribution in [0.3, 0.4) is 0 Å². The van der Waals surface area contributed by atoms with Crippen LogP contribution in [0.4, 0.5) is 0 Å². The Labute approximate surface area is 290 Å². The Balaban J connectivity index is 1.18. The molecule has 238 valence electrons. The number of allylic oxidation sites excluding steroid dienone is 2. The van der Waals surface area contributed by atoms with Crippen LogP contribution in [0.25, 0.3) is 67.3 Å². The van der Waals surface area contributed by atoms with Crippen LogP contribution in [0, 0.1) is 0 Å². The molecule has 0 spiro atoms. The lowest BCUT2D eigenvalue weighted by Gasteiger charge is -2.24. The molecule has 7 aromatic rings. The smallest absolute Gasteiger partial charge is 0.160 e. The predicted octanol–water partition coefficient (Wildman–Crippen LogP) is 8.94. The molecule has 3 aliphatic rings. The molecule has 1 N–H and O–H groups in total. The first kappa shape index (κ1) is 28.7. The van der Waals surface area contributed by atoms with Crippen molar-refractivity contribution in [3.05, 3.63) is 179 Å². The summed E-state index contributed by atoms with van der Waals surface area (Å²) >= 11 is 0. The van der Waals surface area contributed by atoms with E-state index in [4.69, 9.17) is 14.4 Å². The lowest BCUT2D eigenvalue weighted by atomic mass is 9.82. The van der Waals surface area contributed by atoms with E-state index in [0.717, 1.165) is 60.9 Å². The van der Waals surface area contributed by atoms with Gasteiger partial charge < -0.3 is 9.73 Å². The maximum absolute atomic E-state index is 6.65. The summed E-state index contributed by atoms with van der Waals surface area (Å²) in [5, 5.41) is 5.91. The zero-order chi connectivity index (χ0) is 33.4. The van der Waals surface area contributed by atoms with Crippen molar-refractivity contribution in [2.45, 2.75) is 25.3 Å². The van der Waals surface area contributed by atoms with E-state index in [0.29, 0.717) is 5.82 Å². The van der Waals surface area contributed by atoms with Gasteiger partial charge in [0, 0.05) is 38.3 Å². The molecule has 5 aromatic carbocycles. The van der Waals surface area contributed by atoms with E-state index in [2.05, 4.69) is 159 Å². The van der Waals surface area contributed by atoms with Crippen LogP contribution in [0.1, 0.15) is 30.5 Å². The molecule has 2 aliphatic carbocycles. The Kier molecular flexibility index (Phi) is 6.25. The number of hydrogen-bond acceptors (Lipinski definition) is 4. The third kappa shape index (κ3) is 4.38. The molecule has 1 atom stereocenters. The number of hydrogen-bond donors (Lipinski definition) is 1. The molecule has 1 aliphatic heterocycles. The van der Waals surface area contributed by atoms with Gasteiger partial charge in [-0.1, -0.05) is 135 Å². The van der Waals surface area contributed by atoms with Crippen LogP contribution >= 0.6 is 0 Å². The maximum atomic E-state index is 6.65. The summed E-state index contributed by atoms with van der Waals surface area (Å²) in [6.07, 6.45) is 8.60. The fraction of sp³-hybridized carbons (Fsp3) is 0.0870. The highest BCUT2D eigenvalue weighted by Gasteiger charge is 2.35. The second kappa shape index (κ2) is 10.9. The summed E-state index contributed by atoms with van der Waals surface area (Å²) in [4.78, 5) is 10.5. The molecule has 4 heteroatoms. The molecule has 1 unspecified atom stereocenters. The van der Waals surface area contributed by atoms with Gasteiger partial charge in [-0.2, -0.15) is 0 Å². The summed E-state index contributed by atoms with van der Waals surface area (Å²) in [7, 11) is 0. The fourth-order valence-electron chi connectivity index (χ4n) is 7.99. The van der Waals surface area contributed by atoms with E-state index < -0.39 is 0 Å². The van der Waals surface area contributed by atoms with E-state index in [-0.39, 0.29) is 11.5 Å². The van der Waals surface area contributed by atoms with Gasteiger partial charge >= 0.3 is 0 Å². The lowest BCUT2D eigenvalue weighted by Crippen LogP contribution is -2.44. The van der Waals surface area contributed by atoms with E-state index in [1.54, 1.807) is 0 Å². The van der Waals surface area contributed by atoms with Gasteiger partial charge in [0.05, 0.1) is 23.1 Å². The number of nitrogens with zero attached hydrogens (tertiary/aromatic N) is 2. The normalized spacial score (nSPS) is 16.5. The first-order chi connectivity index (χ1) is 24.5. The Morgan fingerprint density at radius 2 is 1.32 bits per heavy atom. The summed E-state index contributed by atoms with van der Waals surface area (Å²) in [5.74, 6) is 0.683. The van der Waals surface area contributed by atoms with E-state index >= 15 is 0 Å². The number of rotatable bonds is 4. The van der Waals surface area contributed by atoms with Crippen LogP contribution in [0.5, 0.6) is 0 Å². The van der Waals surface area contributed by atoms with Crippen LogP contribution in [0.2, 0.25) is 0 Å². The number of furan rings is 1. The van der Waals surface area contributed by atoms with Gasteiger partial charge in [0.15, 0.2) is 11.2 Å². The second-order valence-corrected chi connectivity index (χ2v) is 13.8. The molecular formula is C46H33N3O. The van der Waals surface area contributed by atoms with Crippen LogP contribution in [-0.2, 0) is 5.41 Å². The minimum Gasteiger partial charge on any atom is -0.454 e. The quantitative estimate of drug-likeness (QED) is 0.208. The SMILES string of the molecule is CC1(C)c2ccccc2-c2ccc(-c3cc(-c4ccccc4)nc(-c4ccc5oc6c(c5c4)=C4C=CC=CC4NC=6c4ccccc4)n3)cc21. The second-order valence-electron chi connectivity index (χ2n) is 13.8. The Morgan fingerprint density at radius 1 is 0.620 bits per heavy atom. The van der Waals surface area contributed by atoms with Crippen molar-refractivity contribution in [1.29, 1.82) is 0 Å². The summed E-state index contributed by atoms with van der Waals surface area (Å²) in [6, 6.07) is 44.9. The third-order valence-corrected chi connectivity index (χ3v) is 10.5. The average molecular weight is 644 g/mol. The highest BCUT2D eigenvalue weighted by atomic mass is 16.3. The van der Waals surface area contributed by atoms with E-state index in [1.165, 1.54) is 27.8 Å². The van der Waals surface area contributed by atoms with Crippen LogP contribution < -0.4 is 16.0 Å². The zero-order valence-corrected chi connectivity index (χ0v) is 27.8. The molecule has 0 saturated heterocycles. The third-order valence-electron chi connectivity index (χ3n) is 10.5. The molecule has 10 rings (SSSR count). The number of benzene rings is 5. The van der Waals surface area contributed by atoms with Crippen molar-refractivity contribution >= 4 is 22.2 Å². The Bertz CT molecular complexity index is 2700. The Morgan fingerprint density at radius 3 is 2.14 bits per heavy atom. The molecule has 0 radical (unpaired) electrons. The van der Waals surface area contributed by atoms with Crippen LogP contribution in [0.15, 0.2) is 156 Å². The van der Waals surface area contributed by atoms with Crippen LogP contribution in [-0.4, -0.2) is 16.0 Å². The highest BCUT2D eigenvalue weighted by Crippen LogP contribution is 2.49. The van der Waals surface area contributed by atoms with E-state index in [1.807, 2.05) is 12.1 Å². The Hall–Kier alpha value is -6.26. The molecule has 50 heavy (non-hydrogen) atoms. The van der Waals surface area contributed by atoms with E-state index in [9.17, 15) is 0 Å². The number of aromatic nitrogens is 2. The van der Waals surface area contributed by atoms with Gasteiger partial charge in [0.25, 0.3) is 0 Å². The van der Waals surface area contributed by atoms with Crippen molar-refractivity contribution in [1.82, 2.24) is 15.3 Å². The molecule has 3 heterocycles. The van der Waals surface area contributed by atoms with Crippen molar-refractivity contribution in [2.75, 3.05) is 0 Å². The van der Waals surface area contributed by atoms with Crippen molar-refractivity contribution in [2.24, 2.45) is 0 Å². The van der Waals surface area contributed by atoms with Gasteiger partial charge in [-0.05, 0) is 58.2 Å². The fourth-order valence-corrected chi connectivity index (χ4v) is 7.99. The minimum atomic E-state index is -0.103.